The van der Waals surface area contributed by atoms with Crippen LogP contribution in [0.15, 0.2) is 40.5 Å². The van der Waals surface area contributed by atoms with Crippen molar-refractivity contribution in [2.24, 2.45) is 7.05 Å². The lowest BCUT2D eigenvalue weighted by molar-refractivity contribution is -0.132. The Morgan fingerprint density at radius 2 is 2.00 bits per heavy atom. The number of thiophene rings is 1. The van der Waals surface area contributed by atoms with Crippen molar-refractivity contribution in [3.63, 3.8) is 0 Å². The molecular formula is C18H19N3O2S. The number of aryl methyl sites for hydroxylation is 2. The van der Waals surface area contributed by atoms with Crippen LogP contribution in [0, 0.1) is 0 Å². The molecule has 124 valence electrons. The van der Waals surface area contributed by atoms with Gasteiger partial charge in [0, 0.05) is 38.0 Å². The van der Waals surface area contributed by atoms with Gasteiger partial charge in [-0.05, 0) is 35.6 Å². The van der Waals surface area contributed by atoms with E-state index in [0.717, 1.165) is 24.0 Å². The van der Waals surface area contributed by atoms with Crippen molar-refractivity contribution >= 4 is 28.3 Å². The lowest BCUT2D eigenvalue weighted by Crippen LogP contribution is -2.36. The van der Waals surface area contributed by atoms with E-state index < -0.39 is 0 Å². The zero-order valence-electron chi connectivity index (χ0n) is 13.6. The highest BCUT2D eigenvalue weighted by Crippen LogP contribution is 2.24. The van der Waals surface area contributed by atoms with Crippen molar-refractivity contribution in [3.05, 3.63) is 56.6 Å². The van der Waals surface area contributed by atoms with Crippen molar-refractivity contribution in [2.75, 3.05) is 6.54 Å². The van der Waals surface area contributed by atoms with Gasteiger partial charge in [0.05, 0.1) is 11.0 Å². The molecule has 1 aliphatic heterocycles. The molecule has 3 heterocycles. The SMILES string of the molecule is Cn1c(=O)n(CCC(=O)N2CCc3sccc3C2)c2ccccc21. The number of benzene rings is 1. The number of carbonyl (C=O) groups excluding carboxylic acids is 1. The summed E-state index contributed by atoms with van der Waals surface area (Å²) in [5, 5.41) is 2.09. The molecule has 0 fully saturated rings. The van der Waals surface area contributed by atoms with E-state index in [9.17, 15) is 9.59 Å². The van der Waals surface area contributed by atoms with Gasteiger partial charge in [0.2, 0.25) is 5.91 Å². The maximum Gasteiger partial charge on any atom is 0.328 e. The molecular weight excluding hydrogens is 322 g/mol. The van der Waals surface area contributed by atoms with Gasteiger partial charge in [-0.25, -0.2) is 4.79 Å². The highest BCUT2D eigenvalue weighted by molar-refractivity contribution is 7.10. The van der Waals surface area contributed by atoms with E-state index >= 15 is 0 Å². The smallest absolute Gasteiger partial charge is 0.328 e. The van der Waals surface area contributed by atoms with E-state index in [-0.39, 0.29) is 11.6 Å². The summed E-state index contributed by atoms with van der Waals surface area (Å²) in [4.78, 5) is 28.3. The third kappa shape index (κ3) is 2.47. The molecule has 0 spiro atoms. The fraction of sp³-hybridized carbons (Fsp3) is 0.333. The van der Waals surface area contributed by atoms with Gasteiger partial charge in [0.15, 0.2) is 0 Å². The molecule has 3 aromatic rings. The molecule has 0 bridgehead atoms. The third-order valence-corrected chi connectivity index (χ3v) is 5.78. The Balaban J connectivity index is 1.51. The van der Waals surface area contributed by atoms with Crippen LogP contribution in [0.3, 0.4) is 0 Å². The van der Waals surface area contributed by atoms with Gasteiger partial charge in [-0.1, -0.05) is 12.1 Å². The van der Waals surface area contributed by atoms with Gasteiger partial charge >= 0.3 is 5.69 Å². The molecule has 0 radical (unpaired) electrons. The molecule has 0 saturated carbocycles. The van der Waals surface area contributed by atoms with Crippen LogP contribution in [0.1, 0.15) is 16.9 Å². The van der Waals surface area contributed by atoms with Crippen molar-refractivity contribution in [2.45, 2.75) is 25.9 Å². The minimum atomic E-state index is -0.0669. The Morgan fingerprint density at radius 3 is 2.83 bits per heavy atom. The Hall–Kier alpha value is -2.34. The van der Waals surface area contributed by atoms with E-state index in [1.165, 1.54) is 10.4 Å². The molecule has 0 saturated heterocycles. The van der Waals surface area contributed by atoms with Crippen LogP contribution in [0.5, 0.6) is 0 Å². The fourth-order valence-corrected chi connectivity index (χ4v) is 4.30. The van der Waals surface area contributed by atoms with Gasteiger partial charge in [-0.3, -0.25) is 13.9 Å². The van der Waals surface area contributed by atoms with Gasteiger partial charge in [0.25, 0.3) is 0 Å². The second-order valence-electron chi connectivity index (χ2n) is 6.17. The molecule has 0 N–H and O–H groups in total. The van der Waals surface area contributed by atoms with Crippen molar-refractivity contribution in [1.29, 1.82) is 0 Å². The summed E-state index contributed by atoms with van der Waals surface area (Å²) in [5.74, 6) is 0.117. The number of hydrogen-bond donors (Lipinski definition) is 0. The van der Waals surface area contributed by atoms with Gasteiger partial charge in [0.1, 0.15) is 0 Å². The predicted octanol–water partition coefficient (Wildman–Crippen LogP) is 2.38. The quantitative estimate of drug-likeness (QED) is 0.734. The number of imidazole rings is 1. The third-order valence-electron chi connectivity index (χ3n) is 4.76. The zero-order chi connectivity index (χ0) is 16.7. The second kappa shape index (κ2) is 5.94. The highest BCUT2D eigenvalue weighted by atomic mass is 32.1. The molecule has 5 nitrogen and oxygen atoms in total. The number of para-hydroxylation sites is 2. The molecule has 0 aliphatic carbocycles. The van der Waals surface area contributed by atoms with Gasteiger partial charge in [-0.15, -0.1) is 11.3 Å². The number of aromatic nitrogens is 2. The maximum atomic E-state index is 12.6. The molecule has 0 unspecified atom stereocenters. The molecule has 4 rings (SSSR count). The first kappa shape index (κ1) is 15.2. The zero-order valence-corrected chi connectivity index (χ0v) is 14.4. The lowest BCUT2D eigenvalue weighted by atomic mass is 10.1. The first-order chi connectivity index (χ1) is 11.6. The molecule has 24 heavy (non-hydrogen) atoms. The van der Waals surface area contributed by atoms with Crippen LogP contribution in [-0.2, 0) is 31.4 Å². The first-order valence-electron chi connectivity index (χ1n) is 8.12. The Morgan fingerprint density at radius 1 is 1.21 bits per heavy atom. The molecule has 6 heteroatoms. The lowest BCUT2D eigenvalue weighted by Gasteiger charge is -2.27. The van der Waals surface area contributed by atoms with E-state index in [0.29, 0.717) is 19.5 Å². The molecule has 1 aliphatic rings. The van der Waals surface area contributed by atoms with Crippen LogP contribution in [0.25, 0.3) is 11.0 Å². The Bertz CT molecular complexity index is 966. The maximum absolute atomic E-state index is 12.6. The standard InChI is InChI=1S/C18H19N3O2S/c1-19-14-4-2-3-5-15(14)21(18(19)23)10-7-17(22)20-9-6-16-13(12-20)8-11-24-16/h2-5,8,11H,6-7,9-10,12H2,1H3. The number of amides is 1. The van der Waals surface area contributed by atoms with E-state index in [2.05, 4.69) is 11.4 Å². The topological polar surface area (TPSA) is 47.2 Å². The number of rotatable bonds is 3. The monoisotopic (exact) mass is 341 g/mol. The van der Waals surface area contributed by atoms with Gasteiger partial charge in [-0.2, -0.15) is 0 Å². The Kier molecular flexibility index (Phi) is 3.76. The van der Waals surface area contributed by atoms with Crippen LogP contribution < -0.4 is 5.69 Å². The summed E-state index contributed by atoms with van der Waals surface area (Å²) in [6, 6.07) is 9.80. The average Bonchev–Trinajstić information content (AvgIpc) is 3.17. The van der Waals surface area contributed by atoms with E-state index in [1.807, 2.05) is 29.2 Å². The summed E-state index contributed by atoms with van der Waals surface area (Å²) in [6.07, 6.45) is 1.29. The summed E-state index contributed by atoms with van der Waals surface area (Å²) >= 11 is 1.77. The first-order valence-corrected chi connectivity index (χ1v) is 9.00. The summed E-state index contributed by atoms with van der Waals surface area (Å²) in [6.45, 7) is 1.89. The molecule has 2 aromatic heterocycles. The summed E-state index contributed by atoms with van der Waals surface area (Å²) in [7, 11) is 1.77. The average molecular weight is 341 g/mol. The fourth-order valence-electron chi connectivity index (χ4n) is 3.41. The summed E-state index contributed by atoms with van der Waals surface area (Å²) in [5.41, 5.74) is 2.98. The normalized spacial score (nSPS) is 14.1. The number of carbonyl (C=O) groups is 1. The van der Waals surface area contributed by atoms with Crippen LogP contribution in [0.2, 0.25) is 0 Å². The Labute approximate surface area is 143 Å². The predicted molar refractivity (Wildman–Crippen MR) is 95.2 cm³/mol. The molecule has 1 amide bonds. The van der Waals surface area contributed by atoms with Crippen LogP contribution in [0.4, 0.5) is 0 Å². The van der Waals surface area contributed by atoms with Crippen molar-refractivity contribution in [1.82, 2.24) is 14.0 Å². The van der Waals surface area contributed by atoms with Crippen molar-refractivity contribution in [3.8, 4) is 0 Å². The van der Waals surface area contributed by atoms with Crippen LogP contribution >= 0.6 is 11.3 Å². The molecule has 0 atom stereocenters. The number of fused-ring (bicyclic) bond motifs is 2. The number of hydrogen-bond acceptors (Lipinski definition) is 3. The largest absolute Gasteiger partial charge is 0.338 e. The minimum Gasteiger partial charge on any atom is -0.338 e. The molecule has 1 aromatic carbocycles. The van der Waals surface area contributed by atoms with E-state index in [1.54, 1.807) is 27.5 Å². The highest BCUT2D eigenvalue weighted by Gasteiger charge is 2.21. The minimum absolute atomic E-state index is 0.0669. The second-order valence-corrected chi connectivity index (χ2v) is 7.17. The van der Waals surface area contributed by atoms with Crippen LogP contribution in [-0.4, -0.2) is 26.5 Å². The van der Waals surface area contributed by atoms with Gasteiger partial charge < -0.3 is 4.90 Å². The summed E-state index contributed by atoms with van der Waals surface area (Å²) < 4.78 is 3.34. The van der Waals surface area contributed by atoms with E-state index in [4.69, 9.17) is 0 Å². The number of nitrogens with zero attached hydrogens (tertiary/aromatic N) is 3. The van der Waals surface area contributed by atoms with Crippen molar-refractivity contribution < 1.29 is 4.79 Å².